The van der Waals surface area contributed by atoms with E-state index in [4.69, 9.17) is 14.4 Å². The van der Waals surface area contributed by atoms with Crippen LogP contribution >= 0.6 is 0 Å². The van der Waals surface area contributed by atoms with Gasteiger partial charge in [-0.2, -0.15) is 0 Å². The largest absolute Gasteiger partial charge is 0.432 e. The summed E-state index contributed by atoms with van der Waals surface area (Å²) in [6.45, 7) is 14.5. The highest BCUT2D eigenvalue weighted by Crippen LogP contribution is 2.34. The first kappa shape index (κ1) is 19.5. The Balaban J connectivity index is 1.64. The first-order valence-corrected chi connectivity index (χ1v) is 10.1. The minimum absolute atomic E-state index is 0.162. The number of benzene rings is 2. The highest BCUT2D eigenvalue weighted by molar-refractivity contribution is 6.06. The fraction of sp³-hybridized carbons (Fsp3) is 0.417. The van der Waals surface area contributed by atoms with Crippen LogP contribution in [0.15, 0.2) is 34.6 Å². The van der Waals surface area contributed by atoms with Gasteiger partial charge in [-0.3, -0.25) is 0 Å². The van der Waals surface area contributed by atoms with Crippen LogP contribution in [0, 0.1) is 47.5 Å². The van der Waals surface area contributed by atoms with Gasteiger partial charge in [0.15, 0.2) is 0 Å². The highest BCUT2D eigenvalue weighted by Gasteiger charge is 2.45. The van der Waals surface area contributed by atoms with Gasteiger partial charge in [0.2, 0.25) is 0 Å². The predicted molar refractivity (Wildman–Crippen MR) is 114 cm³/mol. The maximum absolute atomic E-state index is 6.23. The number of aryl methyl sites for hydroxylation is 6. The number of oxime groups is 2. The lowest BCUT2D eigenvalue weighted by Gasteiger charge is -2.22. The summed E-state index contributed by atoms with van der Waals surface area (Å²) in [6, 6.07) is 8.61. The topological polar surface area (TPSA) is 52.4 Å². The normalized spacial score (nSPS) is 23.2. The molecule has 0 fully saturated rings. The van der Waals surface area contributed by atoms with Crippen LogP contribution in [-0.4, -0.2) is 24.0 Å². The zero-order valence-corrected chi connectivity index (χ0v) is 18.2. The van der Waals surface area contributed by atoms with Gasteiger partial charge in [0.05, 0.1) is 0 Å². The molecule has 2 heterocycles. The fourth-order valence-electron chi connectivity index (χ4n) is 4.65. The van der Waals surface area contributed by atoms with Gasteiger partial charge in [-0.1, -0.05) is 40.5 Å². The molecule has 0 saturated carbocycles. The van der Waals surface area contributed by atoms with Crippen molar-refractivity contribution in [2.24, 2.45) is 16.2 Å². The average Bonchev–Trinajstić information content (AvgIpc) is 3.20. The third kappa shape index (κ3) is 3.39. The maximum Gasteiger partial charge on any atom is 0.279 e. The zero-order valence-electron chi connectivity index (χ0n) is 18.2. The van der Waals surface area contributed by atoms with Crippen molar-refractivity contribution in [2.75, 3.05) is 0 Å². The summed E-state index contributed by atoms with van der Waals surface area (Å²) >= 11 is 0. The Bertz CT molecular complexity index is 992. The van der Waals surface area contributed by atoms with Crippen LogP contribution in [0.25, 0.3) is 0 Å². The van der Waals surface area contributed by atoms with E-state index >= 15 is 0 Å². The van der Waals surface area contributed by atoms with Gasteiger partial charge in [0.1, 0.15) is 17.7 Å². The Morgan fingerprint density at radius 2 is 1.21 bits per heavy atom. The third-order valence-electron chi connectivity index (χ3n) is 5.72. The Hall–Kier alpha value is -2.82. The Morgan fingerprint density at radius 1 is 0.690 bits per heavy atom. The number of hydrogen-bond acceptors (Lipinski definition) is 5. The van der Waals surface area contributed by atoms with Crippen LogP contribution in [0.4, 0.5) is 0 Å². The second kappa shape index (κ2) is 7.21. The third-order valence-corrected chi connectivity index (χ3v) is 5.72. The molecular weight excluding hydrogens is 364 g/mol. The Labute approximate surface area is 172 Å². The monoisotopic (exact) mass is 392 g/mol. The molecule has 4 rings (SSSR count). The number of ether oxygens (including phenoxy) is 1. The Kier molecular flexibility index (Phi) is 4.85. The van der Waals surface area contributed by atoms with Crippen molar-refractivity contribution in [3.8, 4) is 0 Å². The van der Waals surface area contributed by atoms with E-state index in [1.807, 2.05) is 6.92 Å². The molecule has 5 nitrogen and oxygen atoms in total. The SMILES string of the molecule is Cc1cc(C)c(C2=NO[C@H]([C@@H]3C(c4c(C)cc(C)cc4C)=NO[C@H]3C)O2)c(C)c1. The first-order chi connectivity index (χ1) is 13.8. The van der Waals surface area contributed by atoms with Crippen molar-refractivity contribution in [3.05, 3.63) is 68.8 Å². The summed E-state index contributed by atoms with van der Waals surface area (Å²) in [5, 5.41) is 8.70. The first-order valence-electron chi connectivity index (χ1n) is 10.1. The molecule has 2 aliphatic rings. The van der Waals surface area contributed by atoms with Crippen molar-refractivity contribution in [1.29, 1.82) is 0 Å². The predicted octanol–water partition coefficient (Wildman–Crippen LogP) is 5.01. The van der Waals surface area contributed by atoms with Crippen LogP contribution in [0.1, 0.15) is 51.4 Å². The number of nitrogens with zero attached hydrogens (tertiary/aromatic N) is 2. The van der Waals surface area contributed by atoms with Crippen LogP contribution in [0.5, 0.6) is 0 Å². The minimum Gasteiger partial charge on any atom is -0.432 e. The smallest absolute Gasteiger partial charge is 0.279 e. The molecule has 2 aromatic carbocycles. The van der Waals surface area contributed by atoms with Crippen molar-refractivity contribution in [3.63, 3.8) is 0 Å². The summed E-state index contributed by atoms with van der Waals surface area (Å²) in [4.78, 5) is 11.4. The van der Waals surface area contributed by atoms with Crippen LogP contribution in [0.3, 0.4) is 0 Å². The van der Waals surface area contributed by atoms with Crippen molar-refractivity contribution < 1.29 is 14.4 Å². The lowest BCUT2D eigenvalue weighted by Crippen LogP contribution is -2.36. The van der Waals surface area contributed by atoms with E-state index < -0.39 is 6.29 Å². The van der Waals surface area contributed by atoms with E-state index in [1.54, 1.807) is 0 Å². The average molecular weight is 392 g/mol. The van der Waals surface area contributed by atoms with Gasteiger partial charge in [-0.15, -0.1) is 0 Å². The number of rotatable bonds is 3. The fourth-order valence-corrected chi connectivity index (χ4v) is 4.65. The summed E-state index contributed by atoms with van der Waals surface area (Å²) in [6.07, 6.45) is -0.730. The molecule has 3 atom stereocenters. The highest BCUT2D eigenvalue weighted by atomic mass is 16.8. The van der Waals surface area contributed by atoms with Crippen LogP contribution < -0.4 is 0 Å². The van der Waals surface area contributed by atoms with Gasteiger partial charge in [0, 0.05) is 11.1 Å². The molecule has 0 unspecified atom stereocenters. The van der Waals surface area contributed by atoms with Crippen molar-refractivity contribution >= 4 is 11.6 Å². The van der Waals surface area contributed by atoms with E-state index in [2.05, 4.69) is 76.1 Å². The minimum atomic E-state index is -0.568. The lowest BCUT2D eigenvalue weighted by atomic mass is 9.87. The van der Waals surface area contributed by atoms with E-state index in [0.29, 0.717) is 5.90 Å². The van der Waals surface area contributed by atoms with E-state index in [9.17, 15) is 0 Å². The molecule has 2 aliphatic heterocycles. The summed E-state index contributed by atoms with van der Waals surface area (Å²) in [7, 11) is 0. The quantitative estimate of drug-likeness (QED) is 0.738. The molecule has 0 saturated heterocycles. The summed E-state index contributed by atoms with van der Waals surface area (Å²) in [5.41, 5.74) is 10.0. The van der Waals surface area contributed by atoms with Crippen molar-refractivity contribution in [2.45, 2.75) is 60.9 Å². The van der Waals surface area contributed by atoms with Gasteiger partial charge in [0.25, 0.3) is 12.2 Å². The Morgan fingerprint density at radius 3 is 1.76 bits per heavy atom. The molecule has 0 aliphatic carbocycles. The summed E-state index contributed by atoms with van der Waals surface area (Å²) < 4.78 is 6.23. The standard InChI is InChI=1S/C24H28N2O3/c1-12-8-14(3)19(15(4)9-12)22-21(18(7)28-25-22)24-27-23(26-29-24)20-16(5)10-13(2)11-17(20)6/h8-11,18,21,24H,1-7H3/t18-,21-,24+/m0/s1. The molecule has 0 spiro atoms. The molecular formula is C24H28N2O3. The van der Waals surface area contributed by atoms with Gasteiger partial charge >= 0.3 is 0 Å². The van der Waals surface area contributed by atoms with Crippen LogP contribution in [0.2, 0.25) is 0 Å². The second-order valence-electron chi connectivity index (χ2n) is 8.35. The van der Waals surface area contributed by atoms with Gasteiger partial charge in [-0.25, -0.2) is 0 Å². The summed E-state index contributed by atoms with van der Waals surface area (Å²) in [5.74, 6) is 0.364. The molecule has 0 N–H and O–H groups in total. The number of hydrogen-bond donors (Lipinski definition) is 0. The zero-order chi connectivity index (χ0) is 20.9. The molecule has 152 valence electrons. The van der Waals surface area contributed by atoms with E-state index in [1.165, 1.54) is 22.3 Å². The van der Waals surface area contributed by atoms with Crippen molar-refractivity contribution in [1.82, 2.24) is 0 Å². The van der Waals surface area contributed by atoms with Crippen LogP contribution in [-0.2, 0) is 14.4 Å². The lowest BCUT2D eigenvalue weighted by molar-refractivity contribution is -0.0948. The molecule has 5 heteroatoms. The molecule has 29 heavy (non-hydrogen) atoms. The molecule has 0 bridgehead atoms. The molecule has 0 amide bonds. The van der Waals surface area contributed by atoms with E-state index in [0.717, 1.165) is 28.0 Å². The molecule has 0 radical (unpaired) electrons. The maximum atomic E-state index is 6.23. The molecule has 2 aromatic rings. The van der Waals surface area contributed by atoms with Gasteiger partial charge in [-0.05, 0) is 75.9 Å². The second-order valence-corrected chi connectivity index (χ2v) is 8.35. The van der Waals surface area contributed by atoms with E-state index in [-0.39, 0.29) is 12.0 Å². The molecule has 0 aromatic heterocycles. The van der Waals surface area contributed by atoms with Gasteiger partial charge < -0.3 is 14.4 Å².